The van der Waals surface area contributed by atoms with Crippen molar-refractivity contribution in [2.75, 3.05) is 0 Å². The van der Waals surface area contributed by atoms with Gasteiger partial charge in [-0.15, -0.1) is 0 Å². The number of carbonyl (C=O) groups excluding carboxylic acids is 1. The smallest absolute Gasteiger partial charge is 0.425 e. The van der Waals surface area contributed by atoms with Gasteiger partial charge in [-0.25, -0.2) is 0 Å². The quantitative estimate of drug-likeness (QED) is 0.841. The Hall–Kier alpha value is -1.86. The van der Waals surface area contributed by atoms with E-state index in [1.54, 1.807) is 0 Å². The Labute approximate surface area is 92.0 Å². The molecule has 1 rings (SSSR count). The van der Waals surface area contributed by atoms with Crippen molar-refractivity contribution < 1.29 is 31.5 Å². The van der Waals surface area contributed by atoms with Crippen LogP contribution in [0.1, 0.15) is 5.56 Å². The summed E-state index contributed by atoms with van der Waals surface area (Å²) in [7, 11) is 0. The molecule has 0 aromatic heterocycles. The maximum atomic E-state index is 12.7. The van der Waals surface area contributed by atoms with Gasteiger partial charge in [-0.2, -0.15) is 22.0 Å². The molecular formula is C9H6F5NO2. The maximum Gasteiger partial charge on any atom is 0.482 e. The molecule has 0 radical (unpaired) electrons. The van der Waals surface area contributed by atoms with Crippen LogP contribution in [0, 0.1) is 0 Å². The standard InChI is InChI=1S/C9H6F5NO2/c10-8(11,12)5-2-1-3-6(4-5)17-9(13,14)7(15)16/h1-4H,(H2,15,16). The summed E-state index contributed by atoms with van der Waals surface area (Å²) in [6, 6.07) is 2.74. The molecule has 94 valence electrons. The summed E-state index contributed by atoms with van der Waals surface area (Å²) < 4.78 is 65.8. The molecule has 8 heteroatoms. The highest BCUT2D eigenvalue weighted by Crippen LogP contribution is 2.32. The first-order valence-electron chi connectivity index (χ1n) is 4.17. The first-order chi connectivity index (χ1) is 7.63. The first-order valence-corrected chi connectivity index (χ1v) is 4.17. The molecule has 0 saturated carbocycles. The Kier molecular flexibility index (Phi) is 3.25. The van der Waals surface area contributed by atoms with Gasteiger partial charge < -0.3 is 10.5 Å². The molecule has 1 amide bonds. The highest BCUT2D eigenvalue weighted by atomic mass is 19.4. The molecule has 0 atom stereocenters. The third kappa shape index (κ3) is 3.30. The van der Waals surface area contributed by atoms with Crippen LogP contribution in [0.2, 0.25) is 0 Å². The van der Waals surface area contributed by atoms with Crippen molar-refractivity contribution in [3.8, 4) is 5.75 Å². The zero-order valence-electron chi connectivity index (χ0n) is 8.09. The lowest BCUT2D eigenvalue weighted by atomic mass is 10.2. The van der Waals surface area contributed by atoms with Gasteiger partial charge >= 0.3 is 18.2 Å². The number of halogens is 5. The molecule has 0 saturated heterocycles. The molecule has 1 aromatic rings. The Bertz CT molecular complexity index is 430. The summed E-state index contributed by atoms with van der Waals surface area (Å²) in [5.74, 6) is -2.89. The number of ether oxygens (including phenoxy) is 1. The second-order valence-corrected chi connectivity index (χ2v) is 3.01. The van der Waals surface area contributed by atoms with Crippen LogP contribution in [-0.4, -0.2) is 12.0 Å². The van der Waals surface area contributed by atoms with Crippen molar-refractivity contribution in [2.24, 2.45) is 5.73 Å². The molecule has 0 unspecified atom stereocenters. The highest BCUT2D eigenvalue weighted by molar-refractivity contribution is 5.80. The molecule has 3 nitrogen and oxygen atoms in total. The molecule has 2 N–H and O–H groups in total. The van der Waals surface area contributed by atoms with Gasteiger partial charge in [0.25, 0.3) is 0 Å². The van der Waals surface area contributed by atoms with Crippen LogP contribution < -0.4 is 10.5 Å². The lowest BCUT2D eigenvalue weighted by molar-refractivity contribution is -0.189. The third-order valence-electron chi connectivity index (χ3n) is 1.69. The van der Waals surface area contributed by atoms with Crippen molar-refractivity contribution in [3.05, 3.63) is 29.8 Å². The zero-order valence-corrected chi connectivity index (χ0v) is 8.09. The van der Waals surface area contributed by atoms with Gasteiger partial charge in [0.05, 0.1) is 5.56 Å². The van der Waals surface area contributed by atoms with E-state index < -0.39 is 29.5 Å². The van der Waals surface area contributed by atoms with Crippen molar-refractivity contribution >= 4 is 5.91 Å². The largest absolute Gasteiger partial charge is 0.482 e. The molecular weight excluding hydrogens is 249 g/mol. The van der Waals surface area contributed by atoms with E-state index in [4.69, 9.17) is 0 Å². The fourth-order valence-corrected chi connectivity index (χ4v) is 0.934. The van der Waals surface area contributed by atoms with Crippen LogP contribution >= 0.6 is 0 Å². The summed E-state index contributed by atoms with van der Waals surface area (Å²) in [6.07, 6.45) is -9.05. The van der Waals surface area contributed by atoms with Crippen LogP contribution in [0.3, 0.4) is 0 Å². The van der Waals surface area contributed by atoms with Gasteiger partial charge in [0.15, 0.2) is 0 Å². The Morgan fingerprint density at radius 2 is 1.76 bits per heavy atom. The second kappa shape index (κ2) is 4.19. The predicted octanol–water partition coefficient (Wildman–Crippen LogP) is 2.16. The number of hydrogen-bond donors (Lipinski definition) is 1. The van der Waals surface area contributed by atoms with Crippen LogP contribution in [0.15, 0.2) is 24.3 Å². The monoisotopic (exact) mass is 255 g/mol. The van der Waals surface area contributed by atoms with E-state index in [1.807, 2.05) is 0 Å². The summed E-state index contributed by atoms with van der Waals surface area (Å²) in [6.45, 7) is 0. The van der Waals surface area contributed by atoms with Gasteiger partial charge in [-0.1, -0.05) is 6.07 Å². The average Bonchev–Trinajstić information content (AvgIpc) is 2.15. The van der Waals surface area contributed by atoms with Gasteiger partial charge in [-0.05, 0) is 18.2 Å². The lowest BCUT2D eigenvalue weighted by Gasteiger charge is -2.15. The summed E-state index contributed by atoms with van der Waals surface area (Å²) in [5.41, 5.74) is 3.13. The molecule has 0 aliphatic carbocycles. The minimum Gasteiger partial charge on any atom is -0.425 e. The molecule has 0 aliphatic rings. The van der Waals surface area contributed by atoms with Gasteiger partial charge in [0, 0.05) is 0 Å². The van der Waals surface area contributed by atoms with Gasteiger partial charge in [0.2, 0.25) is 0 Å². The lowest BCUT2D eigenvalue weighted by Crippen LogP contribution is -2.40. The Morgan fingerprint density at radius 1 is 1.18 bits per heavy atom. The first kappa shape index (κ1) is 13.2. The average molecular weight is 255 g/mol. The van der Waals surface area contributed by atoms with Crippen molar-refractivity contribution in [1.29, 1.82) is 0 Å². The summed E-state index contributed by atoms with van der Waals surface area (Å²) >= 11 is 0. The van der Waals surface area contributed by atoms with Gasteiger partial charge in [-0.3, -0.25) is 4.79 Å². The molecule has 0 heterocycles. The van der Waals surface area contributed by atoms with Crippen LogP contribution in [-0.2, 0) is 11.0 Å². The predicted molar refractivity (Wildman–Crippen MR) is 46.2 cm³/mol. The van der Waals surface area contributed by atoms with Crippen LogP contribution in [0.5, 0.6) is 5.75 Å². The Balaban J connectivity index is 2.98. The van der Waals surface area contributed by atoms with Crippen molar-refractivity contribution in [3.63, 3.8) is 0 Å². The number of hydrogen-bond acceptors (Lipinski definition) is 2. The fourth-order valence-electron chi connectivity index (χ4n) is 0.934. The highest BCUT2D eigenvalue weighted by Gasteiger charge is 2.40. The third-order valence-corrected chi connectivity index (χ3v) is 1.69. The van der Waals surface area contributed by atoms with E-state index in [2.05, 4.69) is 10.5 Å². The van der Waals surface area contributed by atoms with Crippen molar-refractivity contribution in [2.45, 2.75) is 12.3 Å². The molecule has 17 heavy (non-hydrogen) atoms. The molecule has 0 fully saturated rings. The van der Waals surface area contributed by atoms with Gasteiger partial charge in [0.1, 0.15) is 5.75 Å². The van der Waals surface area contributed by atoms with E-state index in [-0.39, 0.29) is 0 Å². The molecule has 0 bridgehead atoms. The zero-order chi connectivity index (χ0) is 13.3. The molecule has 0 aliphatic heterocycles. The second-order valence-electron chi connectivity index (χ2n) is 3.01. The van der Waals surface area contributed by atoms with E-state index >= 15 is 0 Å². The molecule has 1 aromatic carbocycles. The summed E-state index contributed by atoms with van der Waals surface area (Å²) in [5, 5.41) is 0. The number of nitrogens with two attached hydrogens (primary N) is 1. The van der Waals surface area contributed by atoms with Crippen LogP contribution in [0.4, 0.5) is 22.0 Å². The SMILES string of the molecule is NC(=O)C(F)(F)Oc1cccc(C(F)(F)F)c1. The topological polar surface area (TPSA) is 52.3 Å². The normalized spacial score (nSPS) is 12.3. The van der Waals surface area contributed by atoms with E-state index in [1.165, 1.54) is 0 Å². The number of rotatable bonds is 3. The fraction of sp³-hybridized carbons (Fsp3) is 0.222. The minimum atomic E-state index is -4.69. The summed E-state index contributed by atoms with van der Waals surface area (Å²) in [4.78, 5) is 10.2. The van der Waals surface area contributed by atoms with E-state index in [0.717, 1.165) is 12.1 Å². The Morgan fingerprint density at radius 3 is 2.24 bits per heavy atom. The number of alkyl halides is 5. The molecule has 0 spiro atoms. The van der Waals surface area contributed by atoms with E-state index in [9.17, 15) is 26.7 Å². The number of carbonyl (C=O) groups is 1. The minimum absolute atomic E-state index is 0.344. The number of primary amides is 1. The number of amides is 1. The number of benzene rings is 1. The maximum absolute atomic E-state index is 12.7. The van der Waals surface area contributed by atoms with Crippen molar-refractivity contribution in [1.82, 2.24) is 0 Å². The van der Waals surface area contributed by atoms with E-state index in [0.29, 0.717) is 12.1 Å². The van der Waals surface area contributed by atoms with Crippen LogP contribution in [0.25, 0.3) is 0 Å².